The Balaban J connectivity index is 1.42. The Morgan fingerprint density at radius 2 is 2.00 bits per heavy atom. The summed E-state index contributed by atoms with van der Waals surface area (Å²) in [5.74, 6) is 0.690. The Bertz CT molecular complexity index is 1720. The number of carbonyl (C=O) groups excluding carboxylic acids is 2. The second-order valence-electron chi connectivity index (χ2n) is 10.8. The molecule has 6 rings (SSSR count). The first-order valence-electron chi connectivity index (χ1n) is 13.2. The molecule has 208 valence electrons. The van der Waals surface area contributed by atoms with Crippen LogP contribution in [0.1, 0.15) is 41.5 Å². The zero-order valence-corrected chi connectivity index (χ0v) is 23.0. The van der Waals surface area contributed by atoms with Gasteiger partial charge in [-0.15, -0.1) is 0 Å². The highest BCUT2D eigenvalue weighted by molar-refractivity contribution is 6.30. The summed E-state index contributed by atoms with van der Waals surface area (Å²) in [7, 11) is 0. The number of rotatable bonds is 6. The SMILES string of the molecule is CC1(C(=O)[C@]2(c3nc(-c4ccc(C(=O)Nc5cc(C#N)ccn5)cc4)c4c(N)ncc(Cl)n34)CCCNC2)COC1. The summed E-state index contributed by atoms with van der Waals surface area (Å²) >= 11 is 6.72. The van der Waals surface area contributed by atoms with E-state index in [1.165, 1.54) is 18.5 Å². The van der Waals surface area contributed by atoms with Gasteiger partial charge in [0.05, 0.1) is 36.5 Å². The van der Waals surface area contributed by atoms with Crippen LogP contribution in [-0.2, 0) is 14.9 Å². The summed E-state index contributed by atoms with van der Waals surface area (Å²) in [6.07, 6.45) is 4.32. The van der Waals surface area contributed by atoms with E-state index in [1.807, 2.05) is 13.0 Å². The molecule has 1 amide bonds. The number of halogens is 1. The maximum atomic E-state index is 14.2. The number of Topliss-reactive ketones (excluding diaryl/α,β-unsaturated/α-hetero) is 1. The minimum absolute atomic E-state index is 0.0643. The van der Waals surface area contributed by atoms with E-state index in [4.69, 9.17) is 32.3 Å². The predicted octanol–water partition coefficient (Wildman–Crippen LogP) is 3.38. The van der Waals surface area contributed by atoms with Crippen molar-refractivity contribution in [2.75, 3.05) is 37.4 Å². The molecule has 41 heavy (non-hydrogen) atoms. The summed E-state index contributed by atoms with van der Waals surface area (Å²) < 4.78 is 7.18. The van der Waals surface area contributed by atoms with Crippen molar-refractivity contribution in [2.24, 2.45) is 5.41 Å². The fourth-order valence-corrected chi connectivity index (χ4v) is 5.89. The molecule has 0 aliphatic carbocycles. The average Bonchev–Trinajstić information content (AvgIpc) is 3.40. The van der Waals surface area contributed by atoms with Crippen molar-refractivity contribution in [3.63, 3.8) is 0 Å². The van der Waals surface area contributed by atoms with E-state index in [9.17, 15) is 9.59 Å². The Labute approximate surface area is 240 Å². The van der Waals surface area contributed by atoms with Crippen LogP contribution in [0.15, 0.2) is 48.8 Å². The minimum atomic E-state index is -0.944. The monoisotopic (exact) mass is 570 g/mol. The Morgan fingerprint density at radius 3 is 2.66 bits per heavy atom. The number of nitrogens with one attached hydrogen (secondary N) is 2. The highest BCUT2D eigenvalue weighted by atomic mass is 35.5. The molecule has 2 aliphatic rings. The number of nitrogens with zero attached hydrogens (tertiary/aromatic N) is 5. The number of hydrogen-bond acceptors (Lipinski definition) is 9. The molecule has 11 nitrogen and oxygen atoms in total. The molecular weight excluding hydrogens is 544 g/mol. The third kappa shape index (κ3) is 4.50. The highest BCUT2D eigenvalue weighted by Gasteiger charge is 2.55. The van der Waals surface area contributed by atoms with Crippen LogP contribution in [0.3, 0.4) is 0 Å². The van der Waals surface area contributed by atoms with Gasteiger partial charge in [0, 0.05) is 23.9 Å². The molecule has 0 unspecified atom stereocenters. The average molecular weight is 571 g/mol. The zero-order chi connectivity index (χ0) is 28.8. The highest BCUT2D eigenvalue weighted by Crippen LogP contribution is 2.44. The van der Waals surface area contributed by atoms with Crippen LogP contribution < -0.4 is 16.4 Å². The fourth-order valence-electron chi connectivity index (χ4n) is 5.67. The van der Waals surface area contributed by atoms with E-state index in [1.54, 1.807) is 34.7 Å². The lowest BCUT2D eigenvalue weighted by molar-refractivity contribution is -0.162. The maximum absolute atomic E-state index is 14.2. The Hall–Kier alpha value is -4.37. The van der Waals surface area contributed by atoms with Gasteiger partial charge in [-0.05, 0) is 50.6 Å². The van der Waals surface area contributed by atoms with Gasteiger partial charge in [-0.2, -0.15) is 5.26 Å². The van der Waals surface area contributed by atoms with Crippen LogP contribution in [-0.4, -0.2) is 57.3 Å². The summed E-state index contributed by atoms with van der Waals surface area (Å²) in [4.78, 5) is 40.5. The third-order valence-electron chi connectivity index (χ3n) is 7.83. The van der Waals surface area contributed by atoms with Gasteiger partial charge < -0.3 is 21.1 Å². The molecule has 1 aromatic carbocycles. The summed E-state index contributed by atoms with van der Waals surface area (Å²) in [6, 6.07) is 11.9. The smallest absolute Gasteiger partial charge is 0.256 e. The zero-order valence-electron chi connectivity index (χ0n) is 22.3. The first-order valence-corrected chi connectivity index (χ1v) is 13.6. The van der Waals surface area contributed by atoms with Crippen molar-refractivity contribution in [1.29, 1.82) is 5.26 Å². The molecular formula is C29H27ClN8O3. The number of imidazole rings is 1. The first kappa shape index (κ1) is 26.8. The molecule has 2 fully saturated rings. The van der Waals surface area contributed by atoms with Gasteiger partial charge in [-0.25, -0.2) is 15.0 Å². The van der Waals surface area contributed by atoms with Gasteiger partial charge in [0.2, 0.25) is 0 Å². The number of nitrogens with two attached hydrogens (primary N) is 1. The molecule has 0 spiro atoms. The van der Waals surface area contributed by atoms with Gasteiger partial charge in [-0.3, -0.25) is 14.0 Å². The lowest BCUT2D eigenvalue weighted by Gasteiger charge is -2.45. The van der Waals surface area contributed by atoms with Crippen molar-refractivity contribution >= 4 is 40.4 Å². The lowest BCUT2D eigenvalue weighted by Crippen LogP contribution is -2.60. The van der Waals surface area contributed by atoms with Crippen molar-refractivity contribution in [3.8, 4) is 17.3 Å². The maximum Gasteiger partial charge on any atom is 0.256 e. The number of benzene rings is 1. The molecule has 4 aromatic rings. The number of aromatic nitrogens is 4. The van der Waals surface area contributed by atoms with Gasteiger partial charge in [0.1, 0.15) is 39.2 Å². The number of nitriles is 1. The molecule has 4 N–H and O–H groups in total. The molecule has 0 radical (unpaired) electrons. The van der Waals surface area contributed by atoms with Gasteiger partial charge in [0.15, 0.2) is 5.78 Å². The molecule has 3 aromatic heterocycles. The van der Waals surface area contributed by atoms with Crippen LogP contribution in [0.2, 0.25) is 5.15 Å². The number of anilines is 2. The number of hydrogen-bond donors (Lipinski definition) is 3. The topological polar surface area (TPSA) is 160 Å². The number of ketones is 1. The quantitative estimate of drug-likeness (QED) is 0.315. The van der Waals surface area contributed by atoms with E-state index in [0.717, 1.165) is 13.0 Å². The molecule has 0 saturated carbocycles. The van der Waals surface area contributed by atoms with E-state index >= 15 is 0 Å². The first-order chi connectivity index (χ1) is 19.8. The summed E-state index contributed by atoms with van der Waals surface area (Å²) in [5, 5.41) is 15.5. The molecule has 2 aliphatic heterocycles. The number of pyridine rings is 1. The van der Waals surface area contributed by atoms with Crippen molar-refractivity contribution < 1.29 is 14.3 Å². The van der Waals surface area contributed by atoms with Crippen LogP contribution >= 0.6 is 11.6 Å². The molecule has 2 saturated heterocycles. The van der Waals surface area contributed by atoms with E-state index in [-0.39, 0.29) is 23.3 Å². The number of fused-ring (bicyclic) bond motifs is 1. The van der Waals surface area contributed by atoms with Crippen molar-refractivity contribution in [2.45, 2.75) is 25.2 Å². The van der Waals surface area contributed by atoms with Crippen molar-refractivity contribution in [1.82, 2.24) is 24.7 Å². The molecule has 0 bridgehead atoms. The van der Waals surface area contributed by atoms with Gasteiger partial charge in [-0.1, -0.05) is 23.7 Å². The number of piperidine rings is 1. The molecule has 1 atom stereocenters. The fraction of sp³-hybridized carbons (Fsp3) is 0.310. The van der Waals surface area contributed by atoms with Crippen molar-refractivity contribution in [3.05, 3.63) is 70.9 Å². The van der Waals surface area contributed by atoms with Gasteiger partial charge >= 0.3 is 0 Å². The standard InChI is InChI=1S/C29H27ClN8O3/c1-28(15-41-16-28)26(40)29(8-2-9-33-14-29)27-37-22(23-24(32)35-13-20(30)38(23)27)18-3-5-19(6-4-18)25(39)36-21-11-17(12-31)7-10-34-21/h3-7,10-11,13,33H,2,8-9,14-16H2,1H3,(H2,32,35)(H,34,36,39)/t29-/m0/s1. The number of amides is 1. The summed E-state index contributed by atoms with van der Waals surface area (Å²) in [5.41, 5.74) is 7.28. The second-order valence-corrected chi connectivity index (χ2v) is 11.1. The van der Waals surface area contributed by atoms with Crippen LogP contribution in [0, 0.1) is 16.7 Å². The normalized spacial score (nSPS) is 19.7. The summed E-state index contributed by atoms with van der Waals surface area (Å²) in [6.45, 7) is 3.87. The number of nitrogen functional groups attached to an aromatic ring is 1. The lowest BCUT2D eigenvalue weighted by atomic mass is 9.65. The number of ether oxygens (including phenoxy) is 1. The van der Waals surface area contributed by atoms with Gasteiger partial charge in [0.25, 0.3) is 5.91 Å². The molecule has 12 heteroatoms. The van der Waals surface area contributed by atoms with Crippen LogP contribution in [0.25, 0.3) is 16.8 Å². The number of carbonyl (C=O) groups is 2. The molecule has 5 heterocycles. The second kappa shape index (κ2) is 10.2. The third-order valence-corrected chi connectivity index (χ3v) is 8.10. The van der Waals surface area contributed by atoms with E-state index in [2.05, 4.69) is 20.6 Å². The van der Waals surface area contributed by atoms with E-state index in [0.29, 0.717) is 65.1 Å². The Kier molecular flexibility index (Phi) is 6.69. The largest absolute Gasteiger partial charge is 0.382 e. The predicted molar refractivity (Wildman–Crippen MR) is 152 cm³/mol. The van der Waals surface area contributed by atoms with Crippen LogP contribution in [0.4, 0.5) is 11.6 Å². The Morgan fingerprint density at radius 1 is 1.22 bits per heavy atom. The van der Waals surface area contributed by atoms with Crippen LogP contribution in [0.5, 0.6) is 0 Å². The van der Waals surface area contributed by atoms with E-state index < -0.39 is 10.8 Å². The minimum Gasteiger partial charge on any atom is -0.382 e.